The summed E-state index contributed by atoms with van der Waals surface area (Å²) in [4.78, 5) is 0. The number of aliphatic hydroxyl groups excluding tert-OH is 1. The first-order chi connectivity index (χ1) is 10.3. The van der Waals surface area contributed by atoms with Gasteiger partial charge in [0.2, 0.25) is 0 Å². The third kappa shape index (κ3) is 2.99. The Balaban J connectivity index is 1.79. The van der Waals surface area contributed by atoms with Gasteiger partial charge in [-0.05, 0) is 24.6 Å². The minimum atomic E-state index is -0.102. The van der Waals surface area contributed by atoms with Crippen molar-refractivity contribution in [2.24, 2.45) is 0 Å². The van der Waals surface area contributed by atoms with E-state index < -0.39 is 0 Å². The van der Waals surface area contributed by atoms with Crippen LogP contribution >= 0.6 is 0 Å². The van der Waals surface area contributed by atoms with Crippen molar-refractivity contribution in [1.82, 2.24) is 5.32 Å². The molecule has 3 heteroatoms. The lowest BCUT2D eigenvalue weighted by molar-refractivity contribution is 0.231. The maximum Gasteiger partial charge on any atom is 0.134 e. The summed E-state index contributed by atoms with van der Waals surface area (Å²) in [6, 6.07) is 19.9. The van der Waals surface area contributed by atoms with Crippen LogP contribution in [0.1, 0.15) is 30.3 Å². The molecule has 3 aromatic rings. The third-order valence-electron chi connectivity index (χ3n) is 3.71. The first kappa shape index (κ1) is 13.9. The van der Waals surface area contributed by atoms with Crippen molar-refractivity contribution in [2.45, 2.75) is 19.0 Å². The molecule has 0 amide bonds. The molecule has 0 aliphatic rings. The predicted molar refractivity (Wildman–Crippen MR) is 84.0 cm³/mol. The van der Waals surface area contributed by atoms with Gasteiger partial charge >= 0.3 is 0 Å². The van der Waals surface area contributed by atoms with Gasteiger partial charge in [0.25, 0.3) is 0 Å². The molecule has 0 fully saturated rings. The molecule has 3 nitrogen and oxygen atoms in total. The Morgan fingerprint density at radius 2 is 1.76 bits per heavy atom. The van der Waals surface area contributed by atoms with E-state index in [1.54, 1.807) is 0 Å². The molecule has 108 valence electrons. The molecule has 0 aliphatic heterocycles. The van der Waals surface area contributed by atoms with Crippen molar-refractivity contribution in [3.63, 3.8) is 0 Å². The topological polar surface area (TPSA) is 45.4 Å². The molecule has 0 radical (unpaired) electrons. The Kier molecular flexibility index (Phi) is 4.04. The van der Waals surface area contributed by atoms with E-state index in [-0.39, 0.29) is 18.7 Å². The summed E-state index contributed by atoms with van der Waals surface area (Å²) in [5.74, 6) is 0.880. The highest BCUT2D eigenvalue weighted by molar-refractivity contribution is 5.77. The van der Waals surface area contributed by atoms with Gasteiger partial charge in [0.05, 0.1) is 18.7 Å². The monoisotopic (exact) mass is 281 g/mol. The molecule has 2 N–H and O–H groups in total. The molecule has 0 saturated heterocycles. The third-order valence-corrected chi connectivity index (χ3v) is 3.71. The molecule has 3 rings (SSSR count). The molecule has 0 spiro atoms. The molecule has 2 aromatic carbocycles. The average molecular weight is 281 g/mol. The first-order valence-corrected chi connectivity index (χ1v) is 7.18. The van der Waals surface area contributed by atoms with E-state index in [1.165, 1.54) is 0 Å². The Morgan fingerprint density at radius 1 is 1.05 bits per heavy atom. The Morgan fingerprint density at radius 3 is 2.48 bits per heavy atom. The summed E-state index contributed by atoms with van der Waals surface area (Å²) in [6.07, 6.45) is 0. The van der Waals surface area contributed by atoms with E-state index in [2.05, 4.69) is 5.32 Å². The van der Waals surface area contributed by atoms with Crippen LogP contribution in [0, 0.1) is 0 Å². The average Bonchev–Trinajstić information content (AvgIpc) is 2.97. The maximum absolute atomic E-state index is 9.62. The summed E-state index contributed by atoms with van der Waals surface area (Å²) in [7, 11) is 0. The molecule has 1 aromatic heterocycles. The Bertz CT molecular complexity index is 672. The summed E-state index contributed by atoms with van der Waals surface area (Å²) in [5.41, 5.74) is 1.96. The van der Waals surface area contributed by atoms with Gasteiger partial charge in [-0.25, -0.2) is 0 Å². The van der Waals surface area contributed by atoms with Crippen LogP contribution in [0.5, 0.6) is 0 Å². The van der Waals surface area contributed by atoms with E-state index in [1.807, 2.05) is 67.6 Å². The van der Waals surface area contributed by atoms with Crippen LogP contribution in [0.25, 0.3) is 11.0 Å². The number of hydrogen-bond donors (Lipinski definition) is 2. The van der Waals surface area contributed by atoms with Gasteiger partial charge in [-0.1, -0.05) is 48.5 Å². The van der Waals surface area contributed by atoms with Crippen molar-refractivity contribution in [1.29, 1.82) is 0 Å². The van der Waals surface area contributed by atoms with Crippen molar-refractivity contribution in [2.75, 3.05) is 6.61 Å². The van der Waals surface area contributed by atoms with Crippen LogP contribution in [-0.4, -0.2) is 11.7 Å². The fourth-order valence-corrected chi connectivity index (χ4v) is 2.54. The smallest absolute Gasteiger partial charge is 0.134 e. The van der Waals surface area contributed by atoms with E-state index in [0.717, 1.165) is 22.3 Å². The van der Waals surface area contributed by atoms with E-state index >= 15 is 0 Å². The zero-order valence-electron chi connectivity index (χ0n) is 12.0. The number of para-hydroxylation sites is 1. The van der Waals surface area contributed by atoms with Crippen LogP contribution < -0.4 is 5.32 Å². The van der Waals surface area contributed by atoms with Crippen LogP contribution in [-0.2, 0) is 0 Å². The summed E-state index contributed by atoms with van der Waals surface area (Å²) in [6.45, 7) is 2.10. The molecule has 0 saturated carbocycles. The molecular formula is C18H19NO2. The minimum absolute atomic E-state index is 0.0229. The lowest BCUT2D eigenvalue weighted by Crippen LogP contribution is -2.27. The maximum atomic E-state index is 9.62. The lowest BCUT2D eigenvalue weighted by atomic mass is 10.1. The number of aliphatic hydroxyl groups is 1. The molecule has 21 heavy (non-hydrogen) atoms. The normalized spacial score (nSPS) is 14.2. The van der Waals surface area contributed by atoms with Crippen LogP contribution in [0.4, 0.5) is 0 Å². The van der Waals surface area contributed by atoms with Crippen molar-refractivity contribution >= 4 is 11.0 Å². The van der Waals surface area contributed by atoms with Crippen LogP contribution in [0.3, 0.4) is 0 Å². The predicted octanol–water partition coefficient (Wildman–Crippen LogP) is 3.82. The zero-order valence-corrected chi connectivity index (χ0v) is 12.0. The first-order valence-electron chi connectivity index (χ1n) is 7.18. The zero-order chi connectivity index (χ0) is 14.7. The van der Waals surface area contributed by atoms with Gasteiger partial charge in [0.15, 0.2) is 0 Å². The molecule has 1 unspecified atom stereocenters. The van der Waals surface area contributed by atoms with Crippen LogP contribution in [0.15, 0.2) is 65.1 Å². The second kappa shape index (κ2) is 6.12. The Hall–Kier alpha value is -2.10. The molecule has 1 heterocycles. The molecule has 0 bridgehead atoms. The number of furan rings is 1. The highest BCUT2D eigenvalue weighted by atomic mass is 16.3. The van der Waals surface area contributed by atoms with Gasteiger partial charge in [-0.2, -0.15) is 0 Å². The summed E-state index contributed by atoms with van der Waals surface area (Å²) >= 11 is 0. The lowest BCUT2D eigenvalue weighted by Gasteiger charge is -2.20. The van der Waals surface area contributed by atoms with Crippen LogP contribution in [0.2, 0.25) is 0 Å². The van der Waals surface area contributed by atoms with Gasteiger partial charge in [-0.15, -0.1) is 0 Å². The highest BCUT2D eigenvalue weighted by Crippen LogP contribution is 2.25. The quantitative estimate of drug-likeness (QED) is 0.747. The number of benzene rings is 2. The van der Waals surface area contributed by atoms with Gasteiger partial charge in [-0.3, -0.25) is 5.32 Å². The van der Waals surface area contributed by atoms with Gasteiger partial charge in [0, 0.05) is 5.39 Å². The standard InChI is InChI=1S/C18H19NO2/c1-13(18-11-15-9-5-6-10-17(15)21-18)19-16(12-20)14-7-3-2-4-8-14/h2-11,13,16,19-20H,12H2,1H3/t13?,16-/m1/s1. The van der Waals surface area contributed by atoms with Crippen molar-refractivity contribution in [3.05, 3.63) is 72.0 Å². The SMILES string of the molecule is CC(N[C@H](CO)c1ccccc1)c1cc2ccccc2o1. The minimum Gasteiger partial charge on any atom is -0.459 e. The summed E-state index contributed by atoms with van der Waals surface area (Å²) < 4.78 is 5.87. The van der Waals surface area contributed by atoms with Crippen molar-refractivity contribution < 1.29 is 9.52 Å². The number of nitrogens with one attached hydrogen (secondary N) is 1. The Labute approximate surface area is 124 Å². The number of fused-ring (bicyclic) bond motifs is 1. The highest BCUT2D eigenvalue weighted by Gasteiger charge is 2.17. The molecular weight excluding hydrogens is 262 g/mol. The fourth-order valence-electron chi connectivity index (χ4n) is 2.54. The van der Waals surface area contributed by atoms with Gasteiger partial charge in [0.1, 0.15) is 11.3 Å². The van der Waals surface area contributed by atoms with Crippen molar-refractivity contribution in [3.8, 4) is 0 Å². The van der Waals surface area contributed by atoms with E-state index in [4.69, 9.17) is 4.42 Å². The largest absolute Gasteiger partial charge is 0.459 e. The summed E-state index contributed by atoms with van der Waals surface area (Å²) in [5, 5.41) is 14.1. The second-order valence-electron chi connectivity index (χ2n) is 5.22. The number of hydrogen-bond acceptors (Lipinski definition) is 3. The number of rotatable bonds is 5. The van der Waals surface area contributed by atoms with E-state index in [0.29, 0.717) is 0 Å². The fraction of sp³-hybridized carbons (Fsp3) is 0.222. The molecule has 0 aliphatic carbocycles. The second-order valence-corrected chi connectivity index (χ2v) is 5.22. The van der Waals surface area contributed by atoms with Gasteiger partial charge < -0.3 is 9.52 Å². The van der Waals surface area contributed by atoms with E-state index in [9.17, 15) is 5.11 Å². The molecule has 2 atom stereocenters.